The summed E-state index contributed by atoms with van der Waals surface area (Å²) < 4.78 is 3.56. The molecule has 2 aromatic rings. The van der Waals surface area contributed by atoms with E-state index in [1.165, 1.54) is 0 Å². The lowest BCUT2D eigenvalue weighted by Crippen LogP contribution is -2.00. The van der Waals surface area contributed by atoms with Crippen LogP contribution in [-0.4, -0.2) is 14.8 Å². The fraction of sp³-hybridized carbons (Fsp3) is 0.273. The normalized spacial score (nSPS) is 11.1. The lowest BCUT2D eigenvalue weighted by molar-refractivity contribution is 0.801. The summed E-state index contributed by atoms with van der Waals surface area (Å²) >= 11 is 6.82. The zero-order valence-corrected chi connectivity index (χ0v) is 12.2. The monoisotopic (exact) mass is 343 g/mol. The zero-order chi connectivity index (χ0) is 11.7. The van der Waals surface area contributed by atoms with Crippen LogP contribution in [0.1, 0.15) is 25.5 Å². The molecular weight excluding hydrogens is 334 g/mol. The number of rotatable bonds is 2. The topological polar surface area (TPSA) is 30.7 Å². The van der Waals surface area contributed by atoms with Crippen molar-refractivity contribution in [3.8, 4) is 5.69 Å². The van der Waals surface area contributed by atoms with Crippen LogP contribution in [0.3, 0.4) is 0 Å². The molecule has 2 rings (SSSR count). The highest BCUT2D eigenvalue weighted by Crippen LogP contribution is 2.22. The van der Waals surface area contributed by atoms with Crippen LogP contribution in [0.4, 0.5) is 0 Å². The van der Waals surface area contributed by atoms with Crippen molar-refractivity contribution in [1.29, 1.82) is 0 Å². The van der Waals surface area contributed by atoms with Crippen molar-refractivity contribution in [2.75, 3.05) is 0 Å². The van der Waals surface area contributed by atoms with Crippen LogP contribution in [0.5, 0.6) is 0 Å². The summed E-state index contributed by atoms with van der Waals surface area (Å²) in [4.78, 5) is 4.33. The van der Waals surface area contributed by atoms with Crippen molar-refractivity contribution in [3.63, 3.8) is 0 Å². The van der Waals surface area contributed by atoms with Gasteiger partial charge in [0.05, 0.1) is 5.69 Å². The van der Waals surface area contributed by atoms with Crippen LogP contribution in [0, 0.1) is 0 Å². The van der Waals surface area contributed by atoms with E-state index >= 15 is 0 Å². The standard InChI is InChI=1S/C11H11Br2N3/c1-7(2)9-5-8(3-4-14-9)16-11(13)6-10(12)15-16/h3-7H,1-2H3. The maximum atomic E-state index is 4.34. The van der Waals surface area contributed by atoms with Crippen LogP contribution >= 0.6 is 31.9 Å². The summed E-state index contributed by atoms with van der Waals surface area (Å²) in [6.07, 6.45) is 1.81. The highest BCUT2D eigenvalue weighted by atomic mass is 79.9. The van der Waals surface area contributed by atoms with E-state index in [2.05, 4.69) is 61.9 Å². The van der Waals surface area contributed by atoms with Crippen LogP contribution in [0.15, 0.2) is 33.6 Å². The Labute approximate surface area is 111 Å². The van der Waals surface area contributed by atoms with Gasteiger partial charge in [0.1, 0.15) is 9.21 Å². The Hall–Kier alpha value is -0.680. The molecule has 16 heavy (non-hydrogen) atoms. The molecule has 0 unspecified atom stereocenters. The molecule has 0 aliphatic carbocycles. The molecule has 0 radical (unpaired) electrons. The Morgan fingerprint density at radius 2 is 2.00 bits per heavy atom. The van der Waals surface area contributed by atoms with Crippen molar-refractivity contribution in [1.82, 2.24) is 14.8 Å². The van der Waals surface area contributed by atoms with Gasteiger partial charge >= 0.3 is 0 Å². The number of hydrogen-bond acceptors (Lipinski definition) is 2. The minimum absolute atomic E-state index is 0.415. The maximum absolute atomic E-state index is 4.34. The predicted molar refractivity (Wildman–Crippen MR) is 70.8 cm³/mol. The quantitative estimate of drug-likeness (QED) is 0.826. The molecule has 0 aliphatic rings. The van der Waals surface area contributed by atoms with Gasteiger partial charge in [-0.05, 0) is 49.9 Å². The minimum Gasteiger partial charge on any atom is -0.261 e. The lowest BCUT2D eigenvalue weighted by Gasteiger charge is -2.07. The first-order valence-electron chi connectivity index (χ1n) is 4.95. The number of halogens is 2. The van der Waals surface area contributed by atoms with E-state index in [4.69, 9.17) is 0 Å². The van der Waals surface area contributed by atoms with Gasteiger partial charge < -0.3 is 0 Å². The van der Waals surface area contributed by atoms with Crippen LogP contribution < -0.4 is 0 Å². The molecule has 0 amide bonds. The fourth-order valence-corrected chi connectivity index (χ4v) is 2.58. The third-order valence-electron chi connectivity index (χ3n) is 2.24. The molecule has 0 bridgehead atoms. The minimum atomic E-state index is 0.415. The molecule has 0 saturated heterocycles. The summed E-state index contributed by atoms with van der Waals surface area (Å²) in [5, 5.41) is 4.34. The van der Waals surface area contributed by atoms with Crippen LogP contribution in [0.2, 0.25) is 0 Å². The smallest absolute Gasteiger partial charge is 0.129 e. The van der Waals surface area contributed by atoms with E-state index in [0.717, 1.165) is 20.6 Å². The first kappa shape index (κ1) is 11.8. The van der Waals surface area contributed by atoms with E-state index < -0.39 is 0 Å². The molecule has 0 N–H and O–H groups in total. The second-order valence-electron chi connectivity index (χ2n) is 3.80. The molecule has 0 aliphatic heterocycles. The summed E-state index contributed by atoms with van der Waals surface area (Å²) in [7, 11) is 0. The van der Waals surface area contributed by atoms with E-state index in [9.17, 15) is 0 Å². The van der Waals surface area contributed by atoms with Crippen molar-refractivity contribution in [3.05, 3.63) is 39.3 Å². The number of nitrogens with zero attached hydrogens (tertiary/aromatic N) is 3. The third kappa shape index (κ3) is 2.35. The van der Waals surface area contributed by atoms with Gasteiger partial charge in [-0.2, -0.15) is 5.10 Å². The molecule has 2 aromatic heterocycles. The molecule has 2 heterocycles. The van der Waals surface area contributed by atoms with Crippen LogP contribution in [0.25, 0.3) is 5.69 Å². The fourth-order valence-electron chi connectivity index (χ4n) is 1.40. The van der Waals surface area contributed by atoms with Gasteiger partial charge in [-0.1, -0.05) is 13.8 Å². The van der Waals surface area contributed by atoms with Gasteiger partial charge in [0.2, 0.25) is 0 Å². The molecule has 5 heteroatoms. The highest BCUT2D eigenvalue weighted by Gasteiger charge is 2.08. The second kappa shape index (κ2) is 4.67. The first-order chi connectivity index (χ1) is 7.58. The van der Waals surface area contributed by atoms with Gasteiger partial charge in [-0.3, -0.25) is 4.98 Å². The molecule has 84 valence electrons. The summed E-state index contributed by atoms with van der Waals surface area (Å²) in [6, 6.07) is 5.90. The lowest BCUT2D eigenvalue weighted by atomic mass is 10.1. The SMILES string of the molecule is CC(C)c1cc(-n2nc(Br)cc2Br)ccn1. The number of pyridine rings is 1. The predicted octanol–water partition coefficient (Wildman–Crippen LogP) is 3.92. The van der Waals surface area contributed by atoms with Gasteiger partial charge in [-0.25, -0.2) is 4.68 Å². The van der Waals surface area contributed by atoms with E-state index in [1.54, 1.807) is 0 Å². The highest BCUT2D eigenvalue weighted by molar-refractivity contribution is 9.11. The molecular formula is C11H11Br2N3. The molecule has 0 atom stereocenters. The molecule has 0 fully saturated rings. The number of hydrogen-bond donors (Lipinski definition) is 0. The van der Waals surface area contributed by atoms with Crippen LogP contribution in [-0.2, 0) is 0 Å². The maximum Gasteiger partial charge on any atom is 0.129 e. The zero-order valence-electron chi connectivity index (χ0n) is 8.98. The van der Waals surface area contributed by atoms with Gasteiger partial charge in [-0.15, -0.1) is 0 Å². The Bertz CT molecular complexity index is 506. The second-order valence-corrected chi connectivity index (χ2v) is 5.42. The van der Waals surface area contributed by atoms with E-state index in [1.807, 2.05) is 23.0 Å². The van der Waals surface area contributed by atoms with E-state index in [0.29, 0.717) is 5.92 Å². The first-order valence-corrected chi connectivity index (χ1v) is 6.54. The van der Waals surface area contributed by atoms with Gasteiger partial charge in [0.25, 0.3) is 0 Å². The molecule has 0 aromatic carbocycles. The third-order valence-corrected chi connectivity index (χ3v) is 3.19. The van der Waals surface area contributed by atoms with Crippen molar-refractivity contribution >= 4 is 31.9 Å². The average molecular weight is 345 g/mol. The van der Waals surface area contributed by atoms with Crippen molar-refractivity contribution in [2.24, 2.45) is 0 Å². The summed E-state index contributed by atoms with van der Waals surface area (Å²) in [5.41, 5.74) is 2.08. The van der Waals surface area contributed by atoms with Gasteiger partial charge in [0, 0.05) is 18.0 Å². The largest absolute Gasteiger partial charge is 0.261 e. The summed E-state index contributed by atoms with van der Waals surface area (Å²) in [5.74, 6) is 0.415. The molecule has 0 saturated carbocycles. The van der Waals surface area contributed by atoms with Crippen molar-refractivity contribution in [2.45, 2.75) is 19.8 Å². The Morgan fingerprint density at radius 3 is 2.56 bits per heavy atom. The molecule has 0 spiro atoms. The average Bonchev–Trinajstić information content (AvgIpc) is 2.58. The molecule has 3 nitrogen and oxygen atoms in total. The summed E-state index contributed by atoms with van der Waals surface area (Å²) in [6.45, 7) is 4.25. The van der Waals surface area contributed by atoms with E-state index in [-0.39, 0.29) is 0 Å². The Morgan fingerprint density at radius 1 is 1.25 bits per heavy atom. The van der Waals surface area contributed by atoms with Crippen molar-refractivity contribution < 1.29 is 0 Å². The Balaban J connectivity index is 2.48. The Kier molecular flexibility index (Phi) is 3.44. The van der Waals surface area contributed by atoms with Gasteiger partial charge in [0.15, 0.2) is 0 Å². The number of aromatic nitrogens is 3.